The summed E-state index contributed by atoms with van der Waals surface area (Å²) in [6.45, 7) is 11.8. The van der Waals surface area contributed by atoms with E-state index >= 15 is 0 Å². The molecule has 2 amide bonds. The summed E-state index contributed by atoms with van der Waals surface area (Å²) in [5, 5.41) is 18.6. The van der Waals surface area contributed by atoms with Crippen molar-refractivity contribution in [2.24, 2.45) is 7.05 Å². The first-order chi connectivity index (χ1) is 29.5. The summed E-state index contributed by atoms with van der Waals surface area (Å²) in [6.07, 6.45) is 8.27. The molecule has 0 unspecified atom stereocenters. The number of piperazine rings is 2. The van der Waals surface area contributed by atoms with E-state index in [0.29, 0.717) is 57.2 Å². The summed E-state index contributed by atoms with van der Waals surface area (Å²) < 4.78 is 14.9. The third-order valence-electron chi connectivity index (χ3n) is 11.0. The van der Waals surface area contributed by atoms with Crippen LogP contribution in [0.2, 0.25) is 0 Å². The highest BCUT2D eigenvalue weighted by Gasteiger charge is 2.27. The molecule has 0 spiro atoms. The molecule has 5 aromatic heterocycles. The van der Waals surface area contributed by atoms with Gasteiger partial charge in [-0.1, -0.05) is 0 Å². The Morgan fingerprint density at radius 3 is 1.87 bits per heavy atom. The molecule has 4 N–H and O–H groups in total. The number of fused-ring (bicyclic) bond motifs is 3. The lowest BCUT2D eigenvalue weighted by atomic mass is 10.0. The number of pyridine rings is 1. The van der Waals surface area contributed by atoms with Crippen LogP contribution in [0.3, 0.4) is 0 Å². The van der Waals surface area contributed by atoms with Crippen molar-refractivity contribution in [3.8, 4) is 12.0 Å². The van der Waals surface area contributed by atoms with Crippen molar-refractivity contribution in [3.05, 3.63) is 84.3 Å². The van der Waals surface area contributed by atoms with Gasteiger partial charge in [-0.15, -0.1) is 0 Å². The molecule has 314 valence electrons. The third kappa shape index (κ3) is 7.92. The number of amides is 2. The summed E-state index contributed by atoms with van der Waals surface area (Å²) in [5.41, 5.74) is 5.39. The van der Waals surface area contributed by atoms with Crippen molar-refractivity contribution in [2.75, 3.05) is 53.7 Å². The number of rotatable bonds is 10. The number of benzene rings is 2. The predicted octanol–water partition coefficient (Wildman–Crippen LogP) is 3.81. The highest BCUT2D eigenvalue weighted by atomic mass is 16.5. The molecule has 0 bridgehead atoms. The molecule has 7 aromatic rings. The Morgan fingerprint density at radius 2 is 1.30 bits per heavy atom. The standard InChI is InChI=1S/C42H47N15O4/c1-23-16-55(17-24(2)48-23)33-10-8-29(36-31(33)14-44-41(51-36)60-6)38(58)50-27-7-12-35-43-13-28(57(35)20-27)21-61-42-45-15-32-34(56-18-25(3)49-26(4)19-56)11-9-30(37(32)52-42)39(59)53-40-46-22-47-54(40)5/h7-15,20,22-26,48-49H,16-19,21H2,1-6H3,(H,50,58)(H,46,47,53,59)/t23-,24+,25-,26+. The van der Waals surface area contributed by atoms with Crippen LogP contribution >= 0.6 is 0 Å². The number of imidazole rings is 1. The van der Waals surface area contributed by atoms with E-state index in [2.05, 4.69) is 88.8 Å². The predicted molar refractivity (Wildman–Crippen MR) is 231 cm³/mol. The zero-order valence-corrected chi connectivity index (χ0v) is 34.7. The number of nitrogens with one attached hydrogen (secondary N) is 4. The molecule has 2 fully saturated rings. The van der Waals surface area contributed by atoms with E-state index in [-0.39, 0.29) is 36.6 Å². The lowest BCUT2D eigenvalue weighted by Gasteiger charge is -2.38. The fourth-order valence-electron chi connectivity index (χ4n) is 8.44. The summed E-state index contributed by atoms with van der Waals surface area (Å²) in [7, 11) is 3.20. The molecule has 0 saturated carbocycles. The molecule has 9 rings (SSSR count). The minimum Gasteiger partial charge on any atom is -0.467 e. The first kappa shape index (κ1) is 39.5. The van der Waals surface area contributed by atoms with E-state index in [1.165, 1.54) is 18.1 Å². The lowest BCUT2D eigenvalue weighted by molar-refractivity contribution is 0.101. The number of anilines is 4. The van der Waals surface area contributed by atoms with Crippen LogP contribution < -0.4 is 40.5 Å². The van der Waals surface area contributed by atoms with Gasteiger partial charge in [0.1, 0.15) is 18.6 Å². The molecule has 2 aromatic carbocycles. The van der Waals surface area contributed by atoms with Gasteiger partial charge in [0.15, 0.2) is 0 Å². The van der Waals surface area contributed by atoms with E-state index in [4.69, 9.17) is 14.5 Å². The molecular weight excluding hydrogens is 779 g/mol. The van der Waals surface area contributed by atoms with Crippen LogP contribution in [0.5, 0.6) is 12.0 Å². The maximum absolute atomic E-state index is 14.0. The Hall–Kier alpha value is -6.99. The van der Waals surface area contributed by atoms with Crippen molar-refractivity contribution < 1.29 is 19.1 Å². The number of aromatic nitrogens is 9. The summed E-state index contributed by atoms with van der Waals surface area (Å²) in [5.74, 6) is -0.435. The second kappa shape index (κ2) is 16.2. The number of hydrogen-bond donors (Lipinski definition) is 4. The van der Waals surface area contributed by atoms with E-state index in [1.807, 2.05) is 22.6 Å². The second-order valence-corrected chi connectivity index (χ2v) is 15.8. The second-order valence-electron chi connectivity index (χ2n) is 15.8. The topological polar surface area (TPSA) is 207 Å². The van der Waals surface area contributed by atoms with Crippen molar-refractivity contribution in [2.45, 2.75) is 58.5 Å². The molecule has 2 aliphatic heterocycles. The number of carbonyl (C=O) groups excluding carboxylic acids is 2. The molecule has 19 heteroatoms. The van der Waals surface area contributed by atoms with Gasteiger partial charge in [-0.25, -0.2) is 19.6 Å². The average Bonchev–Trinajstić information content (AvgIpc) is 3.85. The van der Waals surface area contributed by atoms with Crippen molar-refractivity contribution in [3.63, 3.8) is 0 Å². The number of ether oxygens (including phenoxy) is 2. The van der Waals surface area contributed by atoms with Gasteiger partial charge in [0.25, 0.3) is 11.8 Å². The van der Waals surface area contributed by atoms with E-state index < -0.39 is 5.91 Å². The molecule has 7 heterocycles. The molecular formula is C42H47N15O4. The smallest absolute Gasteiger partial charge is 0.317 e. The van der Waals surface area contributed by atoms with E-state index in [9.17, 15) is 9.59 Å². The molecule has 19 nitrogen and oxygen atoms in total. The Kier molecular flexibility index (Phi) is 10.5. The zero-order chi connectivity index (χ0) is 42.4. The SMILES string of the molecule is COc1ncc2c(N3C[C@@H](C)N[C@@H](C)C3)ccc(C(=O)Nc3ccc4ncc(COc5ncc6c(N7C[C@@H](C)N[C@@H](C)C7)ccc(C(=O)Nc7ncnn7C)c6n5)n4c3)c2n1. The number of hydrogen-bond acceptors (Lipinski definition) is 15. The van der Waals surface area contributed by atoms with Crippen LogP contribution in [0.1, 0.15) is 54.1 Å². The number of aryl methyl sites for hydroxylation is 1. The van der Waals surface area contributed by atoms with Crippen LogP contribution in [0.4, 0.5) is 23.0 Å². The Labute approximate surface area is 350 Å². The van der Waals surface area contributed by atoms with Crippen molar-refractivity contribution >= 4 is 62.3 Å². The normalized spacial score (nSPS) is 19.4. The highest BCUT2D eigenvalue weighted by Crippen LogP contribution is 2.33. The van der Waals surface area contributed by atoms with Crippen molar-refractivity contribution in [1.82, 2.24) is 54.7 Å². The van der Waals surface area contributed by atoms with Gasteiger partial charge in [0.05, 0.1) is 46.8 Å². The Bertz CT molecular complexity index is 2770. The molecule has 2 aliphatic rings. The number of methoxy groups -OCH3 is 1. The fraction of sp³-hybridized carbons (Fsp3) is 0.357. The quantitative estimate of drug-likeness (QED) is 0.155. The monoisotopic (exact) mass is 825 g/mol. The number of nitrogens with zero attached hydrogens (tertiary/aromatic N) is 11. The Morgan fingerprint density at radius 1 is 0.721 bits per heavy atom. The summed E-state index contributed by atoms with van der Waals surface area (Å²) >= 11 is 0. The maximum atomic E-state index is 14.0. The van der Waals surface area contributed by atoms with E-state index in [0.717, 1.165) is 48.3 Å². The van der Waals surface area contributed by atoms with Crippen molar-refractivity contribution in [1.29, 1.82) is 0 Å². The first-order valence-corrected chi connectivity index (χ1v) is 20.2. The van der Waals surface area contributed by atoms with Crippen LogP contribution in [-0.4, -0.2) is 113 Å². The van der Waals surface area contributed by atoms with Crippen LogP contribution in [-0.2, 0) is 13.7 Å². The van der Waals surface area contributed by atoms with Crippen LogP contribution in [0.25, 0.3) is 27.5 Å². The Balaban J connectivity index is 0.980. The van der Waals surface area contributed by atoms with Gasteiger partial charge in [-0.3, -0.25) is 19.3 Å². The molecule has 2 saturated heterocycles. The molecule has 4 atom stereocenters. The maximum Gasteiger partial charge on any atom is 0.317 e. The third-order valence-corrected chi connectivity index (χ3v) is 11.0. The van der Waals surface area contributed by atoms with Crippen LogP contribution in [0.15, 0.2) is 67.5 Å². The molecule has 0 radical (unpaired) electrons. The fourth-order valence-corrected chi connectivity index (χ4v) is 8.44. The molecule has 61 heavy (non-hydrogen) atoms. The lowest BCUT2D eigenvalue weighted by Crippen LogP contribution is -2.54. The minimum absolute atomic E-state index is 0.0448. The van der Waals surface area contributed by atoms with Gasteiger partial charge < -0.3 is 35.2 Å². The van der Waals surface area contributed by atoms with E-state index in [1.54, 1.807) is 50.0 Å². The molecule has 0 aliphatic carbocycles. The van der Waals surface area contributed by atoms with Gasteiger partial charge in [-0.2, -0.15) is 20.1 Å². The summed E-state index contributed by atoms with van der Waals surface area (Å²) in [4.78, 5) is 59.4. The van der Waals surface area contributed by atoms with Gasteiger partial charge in [-0.05, 0) is 64.1 Å². The van der Waals surface area contributed by atoms with Crippen LogP contribution in [0, 0.1) is 0 Å². The zero-order valence-electron chi connectivity index (χ0n) is 34.7. The average molecular weight is 826 g/mol. The van der Waals surface area contributed by atoms with Gasteiger partial charge in [0.2, 0.25) is 5.95 Å². The van der Waals surface area contributed by atoms with Gasteiger partial charge in [0, 0.05) is 98.1 Å². The number of carbonyl (C=O) groups is 2. The first-order valence-electron chi connectivity index (χ1n) is 20.2. The van der Waals surface area contributed by atoms with Gasteiger partial charge >= 0.3 is 12.0 Å². The largest absolute Gasteiger partial charge is 0.467 e. The minimum atomic E-state index is -0.393. The summed E-state index contributed by atoms with van der Waals surface area (Å²) in [6, 6.07) is 12.4. The highest BCUT2D eigenvalue weighted by molar-refractivity contribution is 6.14.